The van der Waals surface area contributed by atoms with Gasteiger partial charge in [-0.05, 0) is 83.4 Å². The molecule has 0 saturated heterocycles. The van der Waals surface area contributed by atoms with Gasteiger partial charge in [0.05, 0.1) is 0 Å². The van der Waals surface area contributed by atoms with Gasteiger partial charge in [-0.15, -0.1) is 0 Å². The normalized spacial score (nSPS) is 14.6. The molecular weight excluding hydrogens is 416 g/mol. The number of hydrogen-bond donors (Lipinski definition) is 1. The number of aliphatic hydroxyl groups is 1. The van der Waals surface area contributed by atoms with Gasteiger partial charge in [0.1, 0.15) is 0 Å². The lowest BCUT2D eigenvalue weighted by Crippen LogP contribution is -2.11. The first-order chi connectivity index (χ1) is 16.3. The number of allylic oxidation sites excluding steroid dienone is 1. The Morgan fingerprint density at radius 1 is 0.794 bits per heavy atom. The molecule has 0 fully saturated rings. The van der Waals surface area contributed by atoms with Crippen molar-refractivity contribution < 1.29 is 9.90 Å². The highest BCUT2D eigenvalue weighted by Crippen LogP contribution is 2.32. The maximum atomic E-state index is 13.7. The van der Waals surface area contributed by atoms with Crippen molar-refractivity contribution in [2.45, 2.75) is 111 Å². The van der Waals surface area contributed by atoms with E-state index >= 15 is 0 Å². The van der Waals surface area contributed by atoms with Crippen LogP contribution in [0.5, 0.6) is 0 Å². The third kappa shape index (κ3) is 7.08. The second-order valence-corrected chi connectivity index (χ2v) is 10.1. The summed E-state index contributed by atoms with van der Waals surface area (Å²) < 4.78 is 0. The molecule has 0 aliphatic rings. The second-order valence-electron chi connectivity index (χ2n) is 10.1. The van der Waals surface area contributed by atoms with E-state index in [-0.39, 0.29) is 17.5 Å². The van der Waals surface area contributed by atoms with Crippen molar-refractivity contribution in [1.29, 1.82) is 0 Å². The molecule has 2 nitrogen and oxygen atoms in total. The number of rotatable bonds is 13. The highest BCUT2D eigenvalue weighted by Gasteiger charge is 2.21. The smallest absolute Gasteiger partial charge is 0.227 e. The molecule has 2 aromatic rings. The summed E-state index contributed by atoms with van der Waals surface area (Å²) in [6.45, 7) is 15.3. The lowest BCUT2D eigenvalue weighted by molar-refractivity contribution is 0.0979. The zero-order chi connectivity index (χ0) is 25.3. The summed E-state index contributed by atoms with van der Waals surface area (Å²) in [5.74, 6) is 0.614. The summed E-state index contributed by atoms with van der Waals surface area (Å²) >= 11 is 0. The topological polar surface area (TPSA) is 37.3 Å². The molecule has 0 aliphatic carbocycles. The number of carbonyl (C=O) groups excluding carboxylic acids is 1. The van der Waals surface area contributed by atoms with E-state index in [9.17, 15) is 9.90 Å². The summed E-state index contributed by atoms with van der Waals surface area (Å²) in [6.07, 6.45) is 9.09. The van der Waals surface area contributed by atoms with Crippen LogP contribution in [-0.2, 0) is 6.42 Å². The van der Waals surface area contributed by atoms with Crippen LogP contribution in [0, 0.1) is 0 Å². The minimum absolute atomic E-state index is 0.163. The van der Waals surface area contributed by atoms with Crippen LogP contribution in [0.15, 0.2) is 42.2 Å². The Morgan fingerprint density at radius 2 is 1.35 bits per heavy atom. The molecule has 186 valence electrons. The van der Waals surface area contributed by atoms with Gasteiger partial charge in [-0.2, -0.15) is 0 Å². The zero-order valence-corrected chi connectivity index (χ0v) is 22.6. The zero-order valence-electron chi connectivity index (χ0n) is 22.6. The highest BCUT2D eigenvalue weighted by atomic mass is 16.3. The number of hydrogen-bond acceptors (Lipinski definition) is 2. The van der Waals surface area contributed by atoms with E-state index in [1.54, 1.807) is 6.08 Å². The number of ketones is 1. The molecule has 3 unspecified atom stereocenters. The van der Waals surface area contributed by atoms with E-state index < -0.39 is 0 Å². The first-order valence-corrected chi connectivity index (χ1v) is 13.5. The molecule has 0 heterocycles. The van der Waals surface area contributed by atoms with Crippen LogP contribution in [0.3, 0.4) is 0 Å². The minimum Gasteiger partial charge on any atom is -0.504 e. The van der Waals surface area contributed by atoms with E-state index in [1.807, 2.05) is 6.07 Å². The quantitative estimate of drug-likeness (QED) is 0.183. The van der Waals surface area contributed by atoms with Gasteiger partial charge in [0.25, 0.3) is 0 Å². The van der Waals surface area contributed by atoms with Crippen LogP contribution in [0.4, 0.5) is 0 Å². The van der Waals surface area contributed by atoms with Gasteiger partial charge >= 0.3 is 0 Å². The lowest BCUT2D eigenvalue weighted by atomic mass is 9.85. The molecule has 34 heavy (non-hydrogen) atoms. The molecule has 3 atom stereocenters. The molecule has 0 saturated carbocycles. The largest absolute Gasteiger partial charge is 0.504 e. The van der Waals surface area contributed by atoms with E-state index in [0.717, 1.165) is 56.1 Å². The number of aliphatic hydroxyl groups excluding tert-OH is 1. The van der Waals surface area contributed by atoms with Crippen molar-refractivity contribution in [2.75, 3.05) is 0 Å². The van der Waals surface area contributed by atoms with E-state index in [2.05, 4.69) is 78.8 Å². The van der Waals surface area contributed by atoms with Gasteiger partial charge in [-0.1, -0.05) is 98.1 Å². The standard InChI is InChI=1S/C32H46O2/c1-8-12-22(5)26-16-18-29(24(7)14-10-3)30(20-26)32(34)31(33)21-27-19-25(11-4)15-17-28(27)23(6)13-9-2/h15-24,33H,8-14H2,1-7H3/b31-21-. The average molecular weight is 463 g/mol. The molecule has 2 rings (SSSR count). The average Bonchev–Trinajstić information content (AvgIpc) is 2.83. The maximum absolute atomic E-state index is 13.7. The number of aryl methyl sites for hydroxylation is 1. The van der Waals surface area contributed by atoms with Gasteiger partial charge in [0.15, 0.2) is 5.76 Å². The fraction of sp³-hybridized carbons (Fsp3) is 0.531. The molecule has 0 radical (unpaired) electrons. The van der Waals surface area contributed by atoms with Crippen molar-refractivity contribution in [1.82, 2.24) is 0 Å². The molecule has 0 amide bonds. The predicted molar refractivity (Wildman–Crippen MR) is 147 cm³/mol. The van der Waals surface area contributed by atoms with Gasteiger partial charge in [-0.25, -0.2) is 0 Å². The Morgan fingerprint density at radius 3 is 1.94 bits per heavy atom. The minimum atomic E-state index is -0.264. The van der Waals surface area contributed by atoms with Crippen LogP contribution in [0.1, 0.15) is 143 Å². The molecule has 0 aromatic heterocycles. The Labute approximate surface area is 208 Å². The Kier molecular flexibility index (Phi) is 11.1. The number of Topliss-reactive ketones (excluding diaryl/α,β-unsaturated/α-hetero) is 1. The second kappa shape index (κ2) is 13.5. The van der Waals surface area contributed by atoms with Gasteiger partial charge in [0, 0.05) is 5.56 Å². The number of benzene rings is 2. The fourth-order valence-corrected chi connectivity index (χ4v) is 5.05. The molecule has 2 heteroatoms. The third-order valence-electron chi connectivity index (χ3n) is 7.20. The van der Waals surface area contributed by atoms with Crippen molar-refractivity contribution in [3.63, 3.8) is 0 Å². The van der Waals surface area contributed by atoms with Crippen LogP contribution in [-0.4, -0.2) is 10.9 Å². The monoisotopic (exact) mass is 462 g/mol. The van der Waals surface area contributed by atoms with Crippen LogP contribution in [0.25, 0.3) is 6.08 Å². The van der Waals surface area contributed by atoms with Crippen LogP contribution < -0.4 is 0 Å². The fourth-order valence-electron chi connectivity index (χ4n) is 5.05. The summed E-state index contributed by atoms with van der Waals surface area (Å²) in [5.41, 5.74) is 6.25. The van der Waals surface area contributed by atoms with Crippen molar-refractivity contribution in [2.24, 2.45) is 0 Å². The van der Waals surface area contributed by atoms with Crippen molar-refractivity contribution in [3.8, 4) is 0 Å². The summed E-state index contributed by atoms with van der Waals surface area (Å²) in [6, 6.07) is 12.8. The maximum Gasteiger partial charge on any atom is 0.227 e. The molecule has 0 aliphatic heterocycles. The van der Waals surface area contributed by atoms with Crippen molar-refractivity contribution >= 4 is 11.9 Å². The Bertz CT molecular complexity index is 969. The van der Waals surface area contributed by atoms with Gasteiger partial charge < -0.3 is 5.11 Å². The van der Waals surface area contributed by atoms with Crippen LogP contribution in [0.2, 0.25) is 0 Å². The van der Waals surface area contributed by atoms with E-state index in [0.29, 0.717) is 17.4 Å². The SMILES string of the molecule is CCCC(C)c1ccc(C(C)CCC)c(C(=O)/C(O)=C/c2cc(CC)ccc2C(C)CCC)c1. The lowest BCUT2D eigenvalue weighted by Gasteiger charge is -2.19. The summed E-state index contributed by atoms with van der Waals surface area (Å²) in [7, 11) is 0. The Balaban J connectivity index is 2.56. The van der Waals surface area contributed by atoms with E-state index in [1.165, 1.54) is 16.7 Å². The first-order valence-electron chi connectivity index (χ1n) is 13.5. The molecule has 0 bridgehead atoms. The highest BCUT2D eigenvalue weighted by molar-refractivity contribution is 6.10. The molecule has 2 aromatic carbocycles. The summed E-state index contributed by atoms with van der Waals surface area (Å²) in [4.78, 5) is 13.7. The van der Waals surface area contributed by atoms with Gasteiger partial charge in [-0.3, -0.25) is 4.79 Å². The summed E-state index contributed by atoms with van der Waals surface area (Å²) in [5, 5.41) is 11.1. The van der Waals surface area contributed by atoms with Gasteiger partial charge in [0.2, 0.25) is 5.78 Å². The Hall–Kier alpha value is -2.35. The predicted octanol–water partition coefficient (Wildman–Crippen LogP) is 9.74. The van der Waals surface area contributed by atoms with E-state index in [4.69, 9.17) is 0 Å². The molecule has 0 spiro atoms. The first kappa shape index (κ1) is 27.9. The number of carbonyl (C=O) groups is 1. The molecular formula is C32H46O2. The van der Waals surface area contributed by atoms with Crippen molar-refractivity contribution in [3.05, 3.63) is 75.5 Å². The molecule has 1 N–H and O–H groups in total. The third-order valence-corrected chi connectivity index (χ3v) is 7.20. The van der Waals surface area contributed by atoms with Crippen LogP contribution >= 0.6 is 0 Å².